The van der Waals surface area contributed by atoms with Crippen LogP contribution in [0.5, 0.6) is 0 Å². The first-order chi connectivity index (χ1) is 9.32. The van der Waals surface area contributed by atoms with Crippen LogP contribution in [-0.4, -0.2) is 28.3 Å². The summed E-state index contributed by atoms with van der Waals surface area (Å²) in [5.74, 6) is -0.628. The van der Waals surface area contributed by atoms with Gasteiger partial charge >= 0.3 is 5.97 Å². The zero-order valence-corrected chi connectivity index (χ0v) is 12.1. The molecule has 0 unspecified atom stereocenters. The molecule has 0 aliphatic heterocycles. The van der Waals surface area contributed by atoms with Crippen LogP contribution in [0.1, 0.15) is 43.9 Å². The van der Waals surface area contributed by atoms with Crippen LogP contribution in [0.2, 0.25) is 0 Å². The van der Waals surface area contributed by atoms with Crippen LogP contribution in [0, 0.1) is 0 Å². The van der Waals surface area contributed by atoms with Crippen molar-refractivity contribution in [1.82, 2.24) is 9.97 Å². The van der Waals surface area contributed by atoms with Gasteiger partial charge in [-0.3, -0.25) is 4.79 Å². The van der Waals surface area contributed by atoms with E-state index in [4.69, 9.17) is 4.74 Å². The summed E-state index contributed by atoms with van der Waals surface area (Å²) in [5, 5.41) is 0. The Hall–Kier alpha value is -2.17. The molecule has 106 valence electrons. The summed E-state index contributed by atoms with van der Waals surface area (Å²) in [6.07, 6.45) is 0. The highest BCUT2D eigenvalue weighted by molar-refractivity contribution is 6.40. The maximum atomic E-state index is 11.9. The van der Waals surface area contributed by atoms with E-state index in [9.17, 15) is 9.59 Å². The molecule has 20 heavy (non-hydrogen) atoms. The summed E-state index contributed by atoms with van der Waals surface area (Å²) in [6, 6.07) is 4.96. The minimum atomic E-state index is -0.831. The Morgan fingerprint density at radius 2 is 2.00 bits per heavy atom. The van der Waals surface area contributed by atoms with Gasteiger partial charge in [-0.05, 0) is 25.1 Å². The third-order valence-electron chi connectivity index (χ3n) is 2.92. The van der Waals surface area contributed by atoms with Gasteiger partial charge in [-0.2, -0.15) is 0 Å². The van der Waals surface area contributed by atoms with Crippen molar-refractivity contribution < 1.29 is 14.3 Å². The van der Waals surface area contributed by atoms with E-state index in [1.54, 1.807) is 25.1 Å². The number of hydrogen-bond acceptors (Lipinski definition) is 4. The molecule has 1 aromatic heterocycles. The summed E-state index contributed by atoms with van der Waals surface area (Å²) in [6.45, 7) is 8.00. The monoisotopic (exact) mass is 274 g/mol. The first kappa shape index (κ1) is 14.2. The average Bonchev–Trinajstić information content (AvgIpc) is 2.80. The van der Waals surface area contributed by atoms with E-state index in [0.717, 1.165) is 16.9 Å². The fourth-order valence-corrected chi connectivity index (χ4v) is 1.82. The lowest BCUT2D eigenvalue weighted by Crippen LogP contribution is -2.17. The summed E-state index contributed by atoms with van der Waals surface area (Å²) in [7, 11) is 0. The summed E-state index contributed by atoms with van der Waals surface area (Å²) < 4.78 is 4.72. The second-order valence-electron chi connectivity index (χ2n) is 5.62. The Balaban J connectivity index is 2.39. The molecule has 1 aromatic carbocycles. The van der Waals surface area contributed by atoms with E-state index in [-0.39, 0.29) is 12.0 Å². The number of nitrogens with one attached hydrogen (secondary N) is 1. The summed E-state index contributed by atoms with van der Waals surface area (Å²) in [4.78, 5) is 31.0. The molecule has 0 fully saturated rings. The Morgan fingerprint density at radius 3 is 2.60 bits per heavy atom. The molecule has 0 amide bonds. The van der Waals surface area contributed by atoms with Crippen molar-refractivity contribution in [3.63, 3.8) is 0 Å². The zero-order chi connectivity index (χ0) is 14.9. The molecule has 0 bridgehead atoms. The molecule has 0 radical (unpaired) electrons. The number of aromatic amines is 1. The molecule has 0 atom stereocenters. The van der Waals surface area contributed by atoms with Gasteiger partial charge in [0.1, 0.15) is 5.82 Å². The molecule has 1 N–H and O–H groups in total. The van der Waals surface area contributed by atoms with Crippen molar-refractivity contribution in [1.29, 1.82) is 0 Å². The number of rotatable bonds is 3. The molecule has 1 heterocycles. The fourth-order valence-electron chi connectivity index (χ4n) is 1.82. The zero-order valence-electron chi connectivity index (χ0n) is 12.1. The molecular weight excluding hydrogens is 256 g/mol. The SMILES string of the molecule is CCOC(=O)C(=O)c1ccc2nc(C(C)(C)C)[nH]c2c1. The Bertz CT molecular complexity index is 665. The highest BCUT2D eigenvalue weighted by Crippen LogP contribution is 2.23. The summed E-state index contributed by atoms with van der Waals surface area (Å²) >= 11 is 0. The van der Waals surface area contributed by atoms with E-state index >= 15 is 0 Å². The quantitative estimate of drug-likeness (QED) is 0.530. The van der Waals surface area contributed by atoms with Crippen LogP contribution < -0.4 is 0 Å². The van der Waals surface area contributed by atoms with Gasteiger partial charge < -0.3 is 9.72 Å². The molecule has 0 spiro atoms. The molecule has 0 aliphatic carbocycles. The predicted octanol–water partition coefficient (Wildman–Crippen LogP) is 2.61. The second kappa shape index (κ2) is 5.07. The molecular formula is C15H18N2O3. The third kappa shape index (κ3) is 2.71. The molecule has 0 saturated carbocycles. The van der Waals surface area contributed by atoms with Crippen molar-refractivity contribution in [2.75, 3.05) is 6.61 Å². The van der Waals surface area contributed by atoms with Crippen molar-refractivity contribution in [3.05, 3.63) is 29.6 Å². The number of fused-ring (bicyclic) bond motifs is 1. The van der Waals surface area contributed by atoms with Crippen LogP contribution in [0.3, 0.4) is 0 Å². The largest absolute Gasteiger partial charge is 0.460 e. The van der Waals surface area contributed by atoms with Gasteiger partial charge in [-0.25, -0.2) is 9.78 Å². The Labute approximate surface area is 117 Å². The van der Waals surface area contributed by atoms with E-state index in [0.29, 0.717) is 5.56 Å². The van der Waals surface area contributed by atoms with Crippen molar-refractivity contribution in [2.45, 2.75) is 33.1 Å². The van der Waals surface area contributed by atoms with Gasteiger partial charge in [0, 0.05) is 11.0 Å². The number of H-pyrrole nitrogens is 1. The van der Waals surface area contributed by atoms with Crippen molar-refractivity contribution in [3.8, 4) is 0 Å². The van der Waals surface area contributed by atoms with E-state index in [1.165, 1.54) is 0 Å². The van der Waals surface area contributed by atoms with E-state index < -0.39 is 11.8 Å². The Kier molecular flexibility index (Phi) is 3.61. The molecule has 2 aromatic rings. The number of imidazole rings is 1. The van der Waals surface area contributed by atoms with Crippen molar-refractivity contribution in [2.24, 2.45) is 0 Å². The lowest BCUT2D eigenvalue weighted by atomic mass is 9.96. The number of ketones is 1. The fraction of sp³-hybridized carbons (Fsp3) is 0.400. The van der Waals surface area contributed by atoms with Gasteiger partial charge in [0.25, 0.3) is 5.78 Å². The van der Waals surface area contributed by atoms with Gasteiger partial charge in [-0.15, -0.1) is 0 Å². The predicted molar refractivity (Wildman–Crippen MR) is 75.8 cm³/mol. The number of carbonyl (C=O) groups excluding carboxylic acids is 2. The van der Waals surface area contributed by atoms with E-state index in [2.05, 4.69) is 30.7 Å². The minimum Gasteiger partial charge on any atom is -0.460 e. The number of carbonyl (C=O) groups is 2. The van der Waals surface area contributed by atoms with Crippen LogP contribution in [0.25, 0.3) is 11.0 Å². The second-order valence-corrected chi connectivity index (χ2v) is 5.62. The van der Waals surface area contributed by atoms with Crippen LogP contribution in [-0.2, 0) is 14.9 Å². The molecule has 5 nitrogen and oxygen atoms in total. The van der Waals surface area contributed by atoms with Crippen LogP contribution >= 0.6 is 0 Å². The summed E-state index contributed by atoms with van der Waals surface area (Å²) in [5.41, 5.74) is 1.71. The number of nitrogens with zero attached hydrogens (tertiary/aromatic N) is 1. The highest BCUT2D eigenvalue weighted by atomic mass is 16.5. The van der Waals surface area contributed by atoms with Gasteiger partial charge in [0.2, 0.25) is 0 Å². The minimum absolute atomic E-state index is 0.107. The number of Topliss-reactive ketones (excluding diaryl/α,β-unsaturated/α-hetero) is 1. The number of esters is 1. The number of hydrogen-bond donors (Lipinski definition) is 1. The molecule has 0 saturated heterocycles. The van der Waals surface area contributed by atoms with Crippen molar-refractivity contribution >= 4 is 22.8 Å². The number of aromatic nitrogens is 2. The van der Waals surface area contributed by atoms with Gasteiger partial charge in [-0.1, -0.05) is 20.8 Å². The average molecular weight is 274 g/mol. The normalized spacial score (nSPS) is 11.6. The Morgan fingerprint density at radius 1 is 1.30 bits per heavy atom. The molecule has 5 heteroatoms. The maximum Gasteiger partial charge on any atom is 0.379 e. The lowest BCUT2D eigenvalue weighted by molar-refractivity contribution is -0.137. The van der Waals surface area contributed by atoms with E-state index in [1.807, 2.05) is 0 Å². The maximum absolute atomic E-state index is 11.9. The first-order valence-electron chi connectivity index (χ1n) is 6.54. The van der Waals surface area contributed by atoms with Crippen LogP contribution in [0.4, 0.5) is 0 Å². The highest BCUT2D eigenvalue weighted by Gasteiger charge is 2.21. The topological polar surface area (TPSA) is 72.1 Å². The standard InChI is InChI=1S/C15H18N2O3/c1-5-20-13(19)12(18)9-6-7-10-11(8-9)17-14(16-10)15(2,3)4/h6-8H,5H2,1-4H3,(H,16,17). The molecule has 0 aliphatic rings. The van der Waals surface area contributed by atoms with Gasteiger partial charge in [0.05, 0.1) is 17.6 Å². The lowest BCUT2D eigenvalue weighted by Gasteiger charge is -2.13. The van der Waals surface area contributed by atoms with Crippen LogP contribution in [0.15, 0.2) is 18.2 Å². The first-order valence-corrected chi connectivity index (χ1v) is 6.54. The number of ether oxygens (including phenoxy) is 1. The molecule has 2 rings (SSSR count). The third-order valence-corrected chi connectivity index (χ3v) is 2.92. The van der Waals surface area contributed by atoms with Gasteiger partial charge in [0.15, 0.2) is 0 Å². The number of benzene rings is 1. The smallest absolute Gasteiger partial charge is 0.379 e.